The molecule has 0 aliphatic rings. The lowest BCUT2D eigenvalue weighted by Crippen LogP contribution is -2.41. The number of rotatable bonds is 8. The third-order valence-corrected chi connectivity index (χ3v) is 2.61. The number of carbonyl (C=O) groups is 2. The summed E-state index contributed by atoms with van der Waals surface area (Å²) in [6.45, 7) is 3.95. The first-order valence-electron chi connectivity index (χ1n) is 6.52. The first-order chi connectivity index (χ1) is 9.47. The highest BCUT2D eigenvalue weighted by atomic mass is 16.5. The van der Waals surface area contributed by atoms with Crippen LogP contribution < -0.4 is 10.6 Å². The highest BCUT2D eigenvalue weighted by Gasteiger charge is 2.08. The summed E-state index contributed by atoms with van der Waals surface area (Å²) >= 11 is 0. The summed E-state index contributed by atoms with van der Waals surface area (Å²) in [5.74, 6) is 0.228. The SMILES string of the molecule is Cc1nc(CCNC(=O)NC(C)CCCC(=O)O)no1. The molecule has 0 aliphatic carbocycles. The number of amides is 2. The number of urea groups is 1. The van der Waals surface area contributed by atoms with Crippen molar-refractivity contribution in [1.82, 2.24) is 20.8 Å². The fraction of sp³-hybridized carbons (Fsp3) is 0.667. The molecule has 8 nitrogen and oxygen atoms in total. The van der Waals surface area contributed by atoms with E-state index in [-0.39, 0.29) is 18.5 Å². The molecule has 1 aromatic rings. The normalized spacial score (nSPS) is 11.9. The minimum atomic E-state index is -0.822. The summed E-state index contributed by atoms with van der Waals surface area (Å²) < 4.78 is 4.81. The van der Waals surface area contributed by atoms with Gasteiger partial charge < -0.3 is 20.3 Å². The van der Waals surface area contributed by atoms with Gasteiger partial charge in [-0.1, -0.05) is 5.16 Å². The Bertz CT molecular complexity index is 446. The van der Waals surface area contributed by atoms with Gasteiger partial charge in [0.05, 0.1) is 0 Å². The van der Waals surface area contributed by atoms with Crippen molar-refractivity contribution in [3.63, 3.8) is 0 Å². The Labute approximate surface area is 116 Å². The fourth-order valence-corrected chi connectivity index (χ4v) is 1.64. The van der Waals surface area contributed by atoms with Gasteiger partial charge in [0.15, 0.2) is 5.82 Å². The Hall–Kier alpha value is -2.12. The molecule has 20 heavy (non-hydrogen) atoms. The van der Waals surface area contributed by atoms with Gasteiger partial charge >= 0.3 is 12.0 Å². The van der Waals surface area contributed by atoms with E-state index in [1.807, 2.05) is 6.92 Å². The molecule has 0 saturated carbocycles. The van der Waals surface area contributed by atoms with Crippen molar-refractivity contribution < 1.29 is 19.2 Å². The highest BCUT2D eigenvalue weighted by Crippen LogP contribution is 2.00. The maximum Gasteiger partial charge on any atom is 0.315 e. The average molecular weight is 284 g/mol. The van der Waals surface area contributed by atoms with Crippen LogP contribution in [0.5, 0.6) is 0 Å². The highest BCUT2D eigenvalue weighted by molar-refractivity contribution is 5.74. The number of carbonyl (C=O) groups excluding carboxylic acids is 1. The standard InChI is InChI=1S/C12H20N4O4/c1-8(4-3-5-11(17)18)14-12(19)13-7-6-10-15-9(2)20-16-10/h8H,3-7H2,1-2H3,(H,17,18)(H2,13,14,19). The zero-order chi connectivity index (χ0) is 15.0. The molecule has 1 aromatic heterocycles. The molecule has 0 aliphatic heterocycles. The van der Waals surface area contributed by atoms with Gasteiger partial charge in [-0.05, 0) is 19.8 Å². The Morgan fingerprint density at radius 1 is 1.45 bits per heavy atom. The lowest BCUT2D eigenvalue weighted by molar-refractivity contribution is -0.137. The summed E-state index contributed by atoms with van der Waals surface area (Å²) in [4.78, 5) is 25.9. The van der Waals surface area contributed by atoms with Crippen molar-refractivity contribution in [2.75, 3.05) is 6.54 Å². The summed E-state index contributed by atoms with van der Waals surface area (Å²) in [5, 5.41) is 17.7. The second-order valence-electron chi connectivity index (χ2n) is 4.57. The number of carboxylic acid groups (broad SMARTS) is 1. The summed E-state index contributed by atoms with van der Waals surface area (Å²) in [6, 6.07) is -0.352. The maximum atomic E-state index is 11.5. The number of hydrogen-bond donors (Lipinski definition) is 3. The van der Waals surface area contributed by atoms with E-state index >= 15 is 0 Å². The maximum absolute atomic E-state index is 11.5. The topological polar surface area (TPSA) is 117 Å². The Morgan fingerprint density at radius 3 is 2.80 bits per heavy atom. The van der Waals surface area contributed by atoms with Crippen molar-refractivity contribution in [3.05, 3.63) is 11.7 Å². The van der Waals surface area contributed by atoms with Crippen molar-refractivity contribution in [2.24, 2.45) is 0 Å². The van der Waals surface area contributed by atoms with Crippen molar-refractivity contribution in [3.8, 4) is 0 Å². The van der Waals surface area contributed by atoms with Gasteiger partial charge in [0.25, 0.3) is 0 Å². The zero-order valence-electron chi connectivity index (χ0n) is 11.7. The molecule has 0 spiro atoms. The predicted molar refractivity (Wildman–Crippen MR) is 70.2 cm³/mol. The van der Waals surface area contributed by atoms with E-state index in [0.29, 0.717) is 37.5 Å². The van der Waals surface area contributed by atoms with E-state index < -0.39 is 5.97 Å². The predicted octanol–water partition coefficient (Wildman–Crippen LogP) is 0.863. The third kappa shape index (κ3) is 6.72. The number of aromatic nitrogens is 2. The summed E-state index contributed by atoms with van der Waals surface area (Å²) in [6.07, 6.45) is 1.78. The Kier molecular flexibility index (Phi) is 6.48. The fourth-order valence-electron chi connectivity index (χ4n) is 1.64. The number of nitrogens with zero attached hydrogens (tertiary/aromatic N) is 2. The van der Waals surface area contributed by atoms with E-state index in [9.17, 15) is 9.59 Å². The molecule has 1 rings (SSSR count). The van der Waals surface area contributed by atoms with Crippen LogP contribution in [0.15, 0.2) is 4.52 Å². The first-order valence-corrected chi connectivity index (χ1v) is 6.52. The summed E-state index contributed by atoms with van der Waals surface area (Å²) in [5.41, 5.74) is 0. The van der Waals surface area contributed by atoms with E-state index in [4.69, 9.17) is 9.63 Å². The minimum absolute atomic E-state index is 0.0678. The van der Waals surface area contributed by atoms with E-state index in [1.54, 1.807) is 6.92 Å². The van der Waals surface area contributed by atoms with Gasteiger partial charge in [0.2, 0.25) is 5.89 Å². The van der Waals surface area contributed by atoms with Gasteiger partial charge in [-0.3, -0.25) is 4.79 Å². The molecule has 0 radical (unpaired) electrons. The van der Waals surface area contributed by atoms with Gasteiger partial charge in [0.1, 0.15) is 0 Å². The van der Waals surface area contributed by atoms with Crippen LogP contribution in [0.3, 0.4) is 0 Å². The molecule has 0 bridgehead atoms. The largest absolute Gasteiger partial charge is 0.481 e. The second-order valence-corrected chi connectivity index (χ2v) is 4.57. The van der Waals surface area contributed by atoms with Gasteiger partial charge in [0, 0.05) is 32.4 Å². The number of hydrogen-bond acceptors (Lipinski definition) is 5. The van der Waals surface area contributed by atoms with E-state index in [2.05, 4.69) is 20.8 Å². The van der Waals surface area contributed by atoms with Crippen LogP contribution in [0.2, 0.25) is 0 Å². The van der Waals surface area contributed by atoms with Crippen LogP contribution in [0.4, 0.5) is 4.79 Å². The number of aliphatic carboxylic acids is 1. The smallest absolute Gasteiger partial charge is 0.315 e. The molecule has 1 unspecified atom stereocenters. The van der Waals surface area contributed by atoms with Crippen molar-refractivity contribution in [2.45, 2.75) is 45.6 Å². The van der Waals surface area contributed by atoms with Crippen LogP contribution in [0.25, 0.3) is 0 Å². The minimum Gasteiger partial charge on any atom is -0.481 e. The van der Waals surface area contributed by atoms with Gasteiger partial charge in [-0.2, -0.15) is 4.98 Å². The molecule has 0 saturated heterocycles. The van der Waals surface area contributed by atoms with Crippen LogP contribution in [0, 0.1) is 6.92 Å². The van der Waals surface area contributed by atoms with E-state index in [1.165, 1.54) is 0 Å². The van der Waals surface area contributed by atoms with Crippen molar-refractivity contribution >= 4 is 12.0 Å². The molecule has 1 atom stereocenters. The van der Waals surface area contributed by atoms with Crippen LogP contribution in [-0.4, -0.2) is 39.8 Å². The molecular formula is C12H20N4O4. The molecule has 0 aromatic carbocycles. The van der Waals surface area contributed by atoms with Crippen molar-refractivity contribution in [1.29, 1.82) is 0 Å². The van der Waals surface area contributed by atoms with Crippen LogP contribution in [0.1, 0.15) is 37.9 Å². The number of nitrogens with one attached hydrogen (secondary N) is 2. The average Bonchev–Trinajstić information content (AvgIpc) is 2.74. The molecule has 3 N–H and O–H groups in total. The Balaban J connectivity index is 2.11. The summed E-state index contributed by atoms with van der Waals surface area (Å²) in [7, 11) is 0. The first kappa shape index (κ1) is 15.9. The Morgan fingerprint density at radius 2 is 2.20 bits per heavy atom. The monoisotopic (exact) mass is 284 g/mol. The van der Waals surface area contributed by atoms with E-state index in [0.717, 1.165) is 0 Å². The zero-order valence-corrected chi connectivity index (χ0v) is 11.7. The van der Waals surface area contributed by atoms with Gasteiger partial charge in [-0.15, -0.1) is 0 Å². The van der Waals surface area contributed by atoms with Gasteiger partial charge in [-0.25, -0.2) is 4.79 Å². The lowest BCUT2D eigenvalue weighted by Gasteiger charge is -2.13. The number of aryl methyl sites for hydroxylation is 1. The molecular weight excluding hydrogens is 264 g/mol. The third-order valence-electron chi connectivity index (χ3n) is 2.61. The van der Waals surface area contributed by atoms with Crippen LogP contribution in [-0.2, 0) is 11.2 Å². The molecule has 1 heterocycles. The quantitative estimate of drug-likeness (QED) is 0.651. The molecule has 8 heteroatoms. The molecule has 112 valence electrons. The lowest BCUT2D eigenvalue weighted by atomic mass is 10.1. The molecule has 2 amide bonds. The molecule has 0 fully saturated rings. The number of carboxylic acids is 1. The van der Waals surface area contributed by atoms with Crippen LogP contribution >= 0.6 is 0 Å². The second kappa shape index (κ2) is 8.13.